The van der Waals surface area contributed by atoms with Crippen LogP contribution in [-0.2, 0) is 27.7 Å². The van der Waals surface area contributed by atoms with Crippen LogP contribution in [0.5, 0.6) is 0 Å². The standard InChI is InChI=1S/C19H24N4O4S/c1-28(25,26)23-11-5-4-8-16(23)17(24)20-19-22-21-18(27-19)15-10-9-13-6-2-3-7-14(13)12-15/h9-10,12,16H,2-8,11H2,1H3,(H,20,22,24). The van der Waals surface area contributed by atoms with Gasteiger partial charge in [0.2, 0.25) is 21.8 Å². The molecule has 1 unspecified atom stereocenters. The first kappa shape index (κ1) is 19.1. The topological polar surface area (TPSA) is 105 Å². The second-order valence-electron chi connectivity index (χ2n) is 7.48. The van der Waals surface area contributed by atoms with Gasteiger partial charge in [0, 0.05) is 12.1 Å². The second kappa shape index (κ2) is 7.63. The number of benzene rings is 1. The van der Waals surface area contributed by atoms with Gasteiger partial charge in [-0.05, 0) is 61.8 Å². The van der Waals surface area contributed by atoms with Gasteiger partial charge in [0.05, 0.1) is 6.26 Å². The fourth-order valence-electron chi connectivity index (χ4n) is 4.01. The zero-order chi connectivity index (χ0) is 19.7. The highest BCUT2D eigenvalue weighted by molar-refractivity contribution is 7.88. The van der Waals surface area contributed by atoms with Crippen LogP contribution in [0.2, 0.25) is 0 Å². The van der Waals surface area contributed by atoms with Gasteiger partial charge in [0.15, 0.2) is 0 Å². The number of hydrogen-bond acceptors (Lipinski definition) is 6. The van der Waals surface area contributed by atoms with Crippen molar-refractivity contribution in [2.45, 2.75) is 51.0 Å². The maximum Gasteiger partial charge on any atom is 0.322 e. The predicted octanol–water partition coefficient (Wildman–Crippen LogP) is 2.37. The molecule has 0 saturated carbocycles. The first-order valence-electron chi connectivity index (χ1n) is 9.65. The van der Waals surface area contributed by atoms with E-state index in [1.54, 1.807) is 0 Å². The number of rotatable bonds is 4. The van der Waals surface area contributed by atoms with Gasteiger partial charge in [0.25, 0.3) is 0 Å². The monoisotopic (exact) mass is 404 g/mol. The van der Waals surface area contributed by atoms with Crippen molar-refractivity contribution >= 4 is 21.9 Å². The lowest BCUT2D eigenvalue weighted by Crippen LogP contribution is -2.49. The minimum atomic E-state index is -3.45. The number of hydrogen-bond donors (Lipinski definition) is 1. The third kappa shape index (κ3) is 3.95. The molecule has 28 heavy (non-hydrogen) atoms. The zero-order valence-corrected chi connectivity index (χ0v) is 16.7. The molecule has 1 fully saturated rings. The molecule has 1 atom stereocenters. The number of piperidine rings is 1. The number of anilines is 1. The van der Waals surface area contributed by atoms with Crippen LogP contribution >= 0.6 is 0 Å². The Labute approximate surface area is 164 Å². The Balaban J connectivity index is 1.49. The summed E-state index contributed by atoms with van der Waals surface area (Å²) in [6.07, 6.45) is 7.69. The van der Waals surface area contributed by atoms with E-state index in [0.29, 0.717) is 18.9 Å². The molecule has 1 aromatic carbocycles. The summed E-state index contributed by atoms with van der Waals surface area (Å²) in [5, 5.41) is 10.5. The van der Waals surface area contributed by atoms with Crippen LogP contribution in [0.15, 0.2) is 22.6 Å². The largest absolute Gasteiger partial charge is 0.403 e. The molecule has 150 valence electrons. The average molecular weight is 404 g/mol. The predicted molar refractivity (Wildman–Crippen MR) is 104 cm³/mol. The first-order chi connectivity index (χ1) is 13.4. The van der Waals surface area contributed by atoms with Crippen LogP contribution in [-0.4, -0.2) is 47.7 Å². The Hall–Kier alpha value is -2.26. The summed E-state index contributed by atoms with van der Waals surface area (Å²) in [6.45, 7) is 0.348. The number of aryl methyl sites for hydroxylation is 2. The van der Waals surface area contributed by atoms with Gasteiger partial charge in [-0.1, -0.05) is 17.6 Å². The van der Waals surface area contributed by atoms with E-state index in [1.807, 2.05) is 6.07 Å². The van der Waals surface area contributed by atoms with Crippen LogP contribution in [0.4, 0.5) is 6.01 Å². The molecule has 1 amide bonds. The van der Waals surface area contributed by atoms with Crippen molar-refractivity contribution in [3.63, 3.8) is 0 Å². The van der Waals surface area contributed by atoms with Gasteiger partial charge >= 0.3 is 6.01 Å². The normalized spacial score (nSPS) is 20.5. The molecule has 2 aliphatic rings. The summed E-state index contributed by atoms with van der Waals surface area (Å²) in [5.74, 6) is -0.0990. The van der Waals surface area contributed by atoms with E-state index >= 15 is 0 Å². The van der Waals surface area contributed by atoms with Crippen LogP contribution in [0.1, 0.15) is 43.2 Å². The maximum absolute atomic E-state index is 12.6. The van der Waals surface area contributed by atoms with Gasteiger partial charge in [-0.3, -0.25) is 10.1 Å². The summed E-state index contributed by atoms with van der Waals surface area (Å²) >= 11 is 0. The van der Waals surface area contributed by atoms with E-state index in [-0.39, 0.29) is 6.01 Å². The third-order valence-electron chi connectivity index (χ3n) is 5.43. The molecule has 1 N–H and O–H groups in total. The lowest BCUT2D eigenvalue weighted by atomic mass is 9.90. The molecule has 8 nitrogen and oxygen atoms in total. The summed E-state index contributed by atoms with van der Waals surface area (Å²) in [4.78, 5) is 12.6. The van der Waals surface area contributed by atoms with Crippen molar-refractivity contribution in [3.8, 4) is 11.5 Å². The van der Waals surface area contributed by atoms with Crippen molar-refractivity contribution in [3.05, 3.63) is 29.3 Å². The third-order valence-corrected chi connectivity index (χ3v) is 6.72. The minimum Gasteiger partial charge on any atom is -0.403 e. The van der Waals surface area contributed by atoms with Crippen LogP contribution in [0.3, 0.4) is 0 Å². The van der Waals surface area contributed by atoms with Crippen molar-refractivity contribution in [1.29, 1.82) is 0 Å². The fraction of sp³-hybridized carbons (Fsp3) is 0.526. The quantitative estimate of drug-likeness (QED) is 0.839. The fourth-order valence-corrected chi connectivity index (χ4v) is 5.13. The summed E-state index contributed by atoms with van der Waals surface area (Å²) in [7, 11) is -3.45. The number of aromatic nitrogens is 2. The number of carbonyl (C=O) groups is 1. The van der Waals surface area contributed by atoms with Gasteiger partial charge in [-0.2, -0.15) is 4.31 Å². The second-order valence-corrected chi connectivity index (χ2v) is 9.41. The Morgan fingerprint density at radius 1 is 1.14 bits per heavy atom. The van der Waals surface area contributed by atoms with Gasteiger partial charge < -0.3 is 4.42 Å². The van der Waals surface area contributed by atoms with Gasteiger partial charge in [-0.25, -0.2) is 8.42 Å². The number of nitrogens with zero attached hydrogens (tertiary/aromatic N) is 3. The summed E-state index contributed by atoms with van der Waals surface area (Å²) in [6, 6.07) is 5.36. The van der Waals surface area contributed by atoms with Gasteiger partial charge in [-0.15, -0.1) is 5.10 Å². The minimum absolute atomic E-state index is 0.0169. The van der Waals surface area contributed by atoms with E-state index in [0.717, 1.165) is 37.5 Å². The highest BCUT2D eigenvalue weighted by Gasteiger charge is 2.35. The molecule has 1 aliphatic carbocycles. The zero-order valence-electron chi connectivity index (χ0n) is 15.8. The Bertz CT molecular complexity index is 986. The summed E-state index contributed by atoms with van der Waals surface area (Å²) < 4.78 is 30.8. The molecule has 0 bridgehead atoms. The van der Waals surface area contributed by atoms with Gasteiger partial charge in [0.1, 0.15) is 6.04 Å². The van der Waals surface area contributed by atoms with E-state index in [1.165, 1.54) is 28.3 Å². The van der Waals surface area contributed by atoms with Crippen molar-refractivity contribution in [1.82, 2.24) is 14.5 Å². The molecule has 0 radical (unpaired) electrons. The molecule has 4 rings (SSSR count). The molecule has 1 aliphatic heterocycles. The molecule has 0 spiro atoms. The number of carbonyl (C=O) groups excluding carboxylic acids is 1. The van der Waals surface area contributed by atoms with E-state index in [9.17, 15) is 13.2 Å². The molecule has 9 heteroatoms. The summed E-state index contributed by atoms with van der Waals surface area (Å²) in [5.41, 5.74) is 3.49. The Morgan fingerprint density at radius 2 is 1.93 bits per heavy atom. The first-order valence-corrected chi connectivity index (χ1v) is 11.5. The van der Waals surface area contributed by atoms with Crippen LogP contribution in [0.25, 0.3) is 11.5 Å². The highest BCUT2D eigenvalue weighted by atomic mass is 32.2. The van der Waals surface area contributed by atoms with Crippen molar-refractivity contribution in [2.75, 3.05) is 18.1 Å². The Kier molecular flexibility index (Phi) is 5.20. The molecule has 1 saturated heterocycles. The number of sulfonamides is 1. The lowest BCUT2D eigenvalue weighted by molar-refractivity contribution is -0.120. The van der Waals surface area contributed by atoms with E-state index in [4.69, 9.17) is 4.42 Å². The Morgan fingerprint density at radius 3 is 2.71 bits per heavy atom. The number of nitrogens with one attached hydrogen (secondary N) is 1. The van der Waals surface area contributed by atoms with E-state index in [2.05, 4.69) is 27.6 Å². The van der Waals surface area contributed by atoms with Crippen LogP contribution in [0, 0.1) is 0 Å². The van der Waals surface area contributed by atoms with Crippen LogP contribution < -0.4 is 5.32 Å². The molecule has 1 aromatic heterocycles. The average Bonchev–Trinajstić information content (AvgIpc) is 3.15. The SMILES string of the molecule is CS(=O)(=O)N1CCCCC1C(=O)Nc1nnc(-c2ccc3c(c2)CCCC3)o1. The molecular weight excluding hydrogens is 380 g/mol. The van der Waals surface area contributed by atoms with Crippen molar-refractivity contribution < 1.29 is 17.6 Å². The van der Waals surface area contributed by atoms with E-state index < -0.39 is 22.0 Å². The number of fused-ring (bicyclic) bond motifs is 1. The lowest BCUT2D eigenvalue weighted by Gasteiger charge is -2.32. The molecule has 2 aromatic rings. The number of amides is 1. The molecular formula is C19H24N4O4S. The maximum atomic E-state index is 12.6. The van der Waals surface area contributed by atoms with Crippen molar-refractivity contribution in [2.24, 2.45) is 0 Å². The molecule has 2 heterocycles. The smallest absolute Gasteiger partial charge is 0.322 e. The highest BCUT2D eigenvalue weighted by Crippen LogP contribution is 2.28.